The minimum atomic E-state index is -0.167. The number of hydrogen-bond acceptors (Lipinski definition) is 1. The Hall–Kier alpha value is -0.590. The molecule has 2 heteroatoms. The molecule has 1 saturated carbocycles. The molecule has 1 nitrogen and oxygen atoms in total. The zero-order valence-corrected chi connectivity index (χ0v) is 12.6. The highest BCUT2D eigenvalue weighted by atomic mass is 19.1. The van der Waals surface area contributed by atoms with E-state index in [1.165, 1.54) is 24.8 Å². The molecule has 0 radical (unpaired) electrons. The van der Waals surface area contributed by atoms with E-state index < -0.39 is 0 Å². The summed E-state index contributed by atoms with van der Waals surface area (Å²) in [5.74, 6) is -0.0886. The van der Waals surface area contributed by atoms with Gasteiger partial charge < -0.3 is 0 Å². The van der Waals surface area contributed by atoms with Crippen molar-refractivity contribution in [1.29, 1.82) is 0 Å². The first-order valence-corrected chi connectivity index (χ1v) is 7.35. The predicted molar refractivity (Wildman–Crippen MR) is 76.3 cm³/mol. The fourth-order valence-corrected chi connectivity index (χ4v) is 3.00. The lowest BCUT2D eigenvalue weighted by molar-refractivity contribution is 0.128. The van der Waals surface area contributed by atoms with Crippen molar-refractivity contribution in [3.8, 4) is 0 Å². The Kier molecular flexibility index (Phi) is 6.11. The molecule has 0 amide bonds. The van der Waals surface area contributed by atoms with Gasteiger partial charge in [-0.25, -0.2) is 4.39 Å². The van der Waals surface area contributed by atoms with E-state index in [4.69, 9.17) is 0 Å². The van der Waals surface area contributed by atoms with Crippen LogP contribution in [0.3, 0.4) is 0 Å². The summed E-state index contributed by atoms with van der Waals surface area (Å²) in [6.45, 7) is 10.4. The highest BCUT2D eigenvalue weighted by Gasteiger charge is 2.23. The van der Waals surface area contributed by atoms with Crippen LogP contribution in [-0.4, -0.2) is 23.0 Å². The van der Waals surface area contributed by atoms with Gasteiger partial charge in [0.1, 0.15) is 0 Å². The van der Waals surface area contributed by atoms with E-state index in [0.717, 1.165) is 12.8 Å². The number of nitrogens with zero attached hydrogens (tertiary/aromatic N) is 1. The molecule has 1 fully saturated rings. The number of rotatable bonds is 4. The maximum atomic E-state index is 14.3. The zero-order valence-electron chi connectivity index (χ0n) is 12.6. The Balaban J connectivity index is 2.86. The third-order valence-corrected chi connectivity index (χ3v) is 3.76. The smallest absolute Gasteiger partial charge is 0.159 e. The van der Waals surface area contributed by atoms with E-state index in [0.29, 0.717) is 12.1 Å². The molecule has 104 valence electrons. The molecular formula is C16H28FN. The van der Waals surface area contributed by atoms with Crippen molar-refractivity contribution in [3.05, 3.63) is 17.1 Å². The van der Waals surface area contributed by atoms with Crippen LogP contribution in [0.15, 0.2) is 17.1 Å². The lowest BCUT2D eigenvalue weighted by Gasteiger charge is -2.35. The van der Waals surface area contributed by atoms with E-state index in [2.05, 4.69) is 38.3 Å². The molecule has 0 aromatic rings. The summed E-state index contributed by atoms with van der Waals surface area (Å²) in [6.07, 6.45) is 5.74. The van der Waals surface area contributed by atoms with Gasteiger partial charge in [0, 0.05) is 12.1 Å². The SMILES string of the molecule is CC(C)N(C(C)C)C(C)C(F)=C=C1CCCCC1. The quantitative estimate of drug-likeness (QED) is 0.648. The van der Waals surface area contributed by atoms with Crippen LogP contribution in [0.2, 0.25) is 0 Å². The summed E-state index contributed by atoms with van der Waals surface area (Å²) in [5, 5.41) is 0. The summed E-state index contributed by atoms with van der Waals surface area (Å²) in [5.41, 5.74) is 4.21. The molecule has 0 N–H and O–H groups in total. The normalized spacial score (nSPS) is 18.4. The molecule has 0 spiro atoms. The first-order chi connectivity index (χ1) is 8.43. The molecule has 1 aliphatic carbocycles. The van der Waals surface area contributed by atoms with Crippen molar-refractivity contribution in [2.45, 2.75) is 84.8 Å². The van der Waals surface area contributed by atoms with Crippen molar-refractivity contribution < 1.29 is 4.39 Å². The lowest BCUT2D eigenvalue weighted by Crippen LogP contribution is -2.43. The molecule has 1 unspecified atom stereocenters. The monoisotopic (exact) mass is 253 g/mol. The first-order valence-electron chi connectivity index (χ1n) is 7.35. The van der Waals surface area contributed by atoms with Crippen LogP contribution in [0.4, 0.5) is 4.39 Å². The molecule has 0 bridgehead atoms. The van der Waals surface area contributed by atoms with Gasteiger partial charge in [-0.05, 0) is 65.9 Å². The van der Waals surface area contributed by atoms with E-state index in [-0.39, 0.29) is 11.9 Å². The predicted octanol–water partition coefficient (Wildman–Crippen LogP) is 4.84. The maximum absolute atomic E-state index is 14.3. The molecule has 1 aliphatic rings. The fourth-order valence-electron chi connectivity index (χ4n) is 3.00. The van der Waals surface area contributed by atoms with Gasteiger partial charge in [0.2, 0.25) is 0 Å². The molecule has 0 aromatic heterocycles. The Bertz CT molecular complexity index is 308. The molecule has 0 aliphatic heterocycles. The largest absolute Gasteiger partial charge is 0.289 e. The average Bonchev–Trinajstić information content (AvgIpc) is 2.29. The molecule has 1 atom stereocenters. The second-order valence-corrected chi connectivity index (χ2v) is 5.95. The van der Waals surface area contributed by atoms with Crippen molar-refractivity contribution >= 4 is 0 Å². The molecular weight excluding hydrogens is 225 g/mol. The third kappa shape index (κ3) is 4.26. The summed E-state index contributed by atoms with van der Waals surface area (Å²) < 4.78 is 14.3. The van der Waals surface area contributed by atoms with Gasteiger partial charge in [-0.3, -0.25) is 4.90 Å². The molecule has 0 saturated heterocycles. The average molecular weight is 253 g/mol. The zero-order chi connectivity index (χ0) is 13.7. The highest BCUT2D eigenvalue weighted by Crippen LogP contribution is 2.24. The van der Waals surface area contributed by atoms with Crippen LogP contribution < -0.4 is 0 Å². The molecule has 0 heterocycles. The highest BCUT2D eigenvalue weighted by molar-refractivity contribution is 5.10. The Morgan fingerprint density at radius 2 is 1.50 bits per heavy atom. The minimum absolute atomic E-state index is 0.0886. The van der Waals surface area contributed by atoms with Crippen LogP contribution in [0.1, 0.15) is 66.7 Å². The standard InChI is InChI=1S/C16H28FN/c1-12(2)18(13(3)4)14(5)16(17)11-15-9-7-6-8-10-15/h12-14H,6-10H2,1-5H3. The van der Waals surface area contributed by atoms with Crippen molar-refractivity contribution in [2.24, 2.45) is 0 Å². The van der Waals surface area contributed by atoms with Crippen molar-refractivity contribution in [3.63, 3.8) is 0 Å². The number of halogens is 1. The third-order valence-electron chi connectivity index (χ3n) is 3.76. The second kappa shape index (κ2) is 7.11. The van der Waals surface area contributed by atoms with Gasteiger partial charge in [0.05, 0.1) is 6.04 Å². The number of hydrogen-bond donors (Lipinski definition) is 0. The fraction of sp³-hybridized carbons (Fsp3) is 0.812. The van der Waals surface area contributed by atoms with Gasteiger partial charge >= 0.3 is 0 Å². The van der Waals surface area contributed by atoms with Crippen LogP contribution in [-0.2, 0) is 0 Å². The summed E-state index contributed by atoms with van der Waals surface area (Å²) in [6, 6.07) is 0.534. The Labute approximate surface area is 112 Å². The molecule has 18 heavy (non-hydrogen) atoms. The van der Waals surface area contributed by atoms with Crippen LogP contribution in [0.5, 0.6) is 0 Å². The van der Waals surface area contributed by atoms with Gasteiger partial charge in [0.25, 0.3) is 0 Å². The summed E-state index contributed by atoms with van der Waals surface area (Å²) >= 11 is 0. The van der Waals surface area contributed by atoms with Crippen molar-refractivity contribution in [1.82, 2.24) is 4.90 Å². The Morgan fingerprint density at radius 3 is 1.94 bits per heavy atom. The summed E-state index contributed by atoms with van der Waals surface area (Å²) in [4.78, 5) is 2.20. The first kappa shape index (κ1) is 15.5. The summed E-state index contributed by atoms with van der Waals surface area (Å²) in [7, 11) is 0. The molecule has 0 aromatic carbocycles. The van der Waals surface area contributed by atoms with Gasteiger partial charge in [0.15, 0.2) is 5.83 Å². The maximum Gasteiger partial charge on any atom is 0.159 e. The van der Waals surface area contributed by atoms with E-state index in [1.807, 2.05) is 6.92 Å². The van der Waals surface area contributed by atoms with Gasteiger partial charge in [-0.15, -0.1) is 0 Å². The van der Waals surface area contributed by atoms with Crippen LogP contribution in [0.25, 0.3) is 0 Å². The van der Waals surface area contributed by atoms with Gasteiger partial charge in [-0.2, -0.15) is 0 Å². The van der Waals surface area contributed by atoms with Crippen molar-refractivity contribution in [2.75, 3.05) is 0 Å². The van der Waals surface area contributed by atoms with Crippen LogP contribution >= 0.6 is 0 Å². The van der Waals surface area contributed by atoms with E-state index >= 15 is 0 Å². The second-order valence-electron chi connectivity index (χ2n) is 5.95. The molecule has 1 rings (SSSR count). The van der Waals surface area contributed by atoms with E-state index in [9.17, 15) is 4.39 Å². The van der Waals surface area contributed by atoms with Gasteiger partial charge in [-0.1, -0.05) is 12.2 Å². The van der Waals surface area contributed by atoms with E-state index in [1.54, 1.807) is 0 Å². The lowest BCUT2D eigenvalue weighted by atomic mass is 9.95. The minimum Gasteiger partial charge on any atom is -0.289 e. The van der Waals surface area contributed by atoms with Crippen LogP contribution in [0, 0.1) is 0 Å². The Morgan fingerprint density at radius 1 is 1.00 bits per heavy atom. The topological polar surface area (TPSA) is 3.24 Å².